The Morgan fingerprint density at radius 3 is 2.80 bits per heavy atom. The zero-order valence-electron chi connectivity index (χ0n) is 9.19. The van der Waals surface area contributed by atoms with Gasteiger partial charge in [-0.05, 0) is 26.2 Å². The van der Waals surface area contributed by atoms with Crippen molar-refractivity contribution in [2.24, 2.45) is 0 Å². The summed E-state index contributed by atoms with van der Waals surface area (Å²) in [5.74, 6) is -1.00. The van der Waals surface area contributed by atoms with Crippen molar-refractivity contribution in [2.45, 2.75) is 45.2 Å². The van der Waals surface area contributed by atoms with Crippen molar-refractivity contribution in [1.82, 2.24) is 10.2 Å². The largest absolute Gasteiger partial charge is 0.480 e. The number of carboxylic acids is 1. The van der Waals surface area contributed by atoms with E-state index in [9.17, 15) is 9.59 Å². The first kappa shape index (κ1) is 11.8. The Morgan fingerprint density at radius 1 is 1.60 bits per heavy atom. The minimum Gasteiger partial charge on any atom is -0.480 e. The number of hydrogen-bond acceptors (Lipinski definition) is 2. The van der Waals surface area contributed by atoms with Crippen LogP contribution < -0.4 is 5.32 Å². The summed E-state index contributed by atoms with van der Waals surface area (Å²) in [6, 6.07) is -0.809. The van der Waals surface area contributed by atoms with Crippen LogP contribution >= 0.6 is 0 Å². The summed E-state index contributed by atoms with van der Waals surface area (Å²) in [4.78, 5) is 24.0. The average molecular weight is 214 g/mol. The van der Waals surface area contributed by atoms with E-state index in [2.05, 4.69) is 5.32 Å². The standard InChI is InChI=1S/C10H18N2O3/c1-3-8-5-4-6-12(8)10(15)11-7(2)9(13)14/h7-8H,3-6H2,1-2H3,(H,11,15)(H,13,14). The van der Waals surface area contributed by atoms with Gasteiger partial charge >= 0.3 is 12.0 Å². The molecule has 2 N–H and O–H groups in total. The fourth-order valence-electron chi connectivity index (χ4n) is 1.86. The Bertz CT molecular complexity index is 255. The molecule has 86 valence electrons. The maximum absolute atomic E-state index is 11.7. The van der Waals surface area contributed by atoms with Crippen molar-refractivity contribution < 1.29 is 14.7 Å². The summed E-state index contributed by atoms with van der Waals surface area (Å²) in [6.07, 6.45) is 2.95. The summed E-state index contributed by atoms with van der Waals surface area (Å²) in [6.45, 7) is 4.24. The van der Waals surface area contributed by atoms with Gasteiger partial charge < -0.3 is 15.3 Å². The van der Waals surface area contributed by atoms with Gasteiger partial charge in [0.25, 0.3) is 0 Å². The number of nitrogens with zero attached hydrogens (tertiary/aromatic N) is 1. The van der Waals surface area contributed by atoms with Crippen LogP contribution in [0.5, 0.6) is 0 Å². The lowest BCUT2D eigenvalue weighted by Gasteiger charge is -2.24. The third kappa shape index (κ3) is 2.84. The van der Waals surface area contributed by atoms with Crippen LogP contribution in [0.2, 0.25) is 0 Å². The highest BCUT2D eigenvalue weighted by Gasteiger charge is 2.28. The number of likely N-dealkylation sites (tertiary alicyclic amines) is 1. The van der Waals surface area contributed by atoms with Crippen LogP contribution in [-0.2, 0) is 4.79 Å². The molecule has 0 radical (unpaired) electrons. The van der Waals surface area contributed by atoms with E-state index in [0.29, 0.717) is 0 Å². The lowest BCUT2D eigenvalue weighted by Crippen LogP contribution is -2.48. The zero-order valence-corrected chi connectivity index (χ0v) is 9.19. The van der Waals surface area contributed by atoms with Crippen molar-refractivity contribution in [3.8, 4) is 0 Å². The number of rotatable bonds is 3. The van der Waals surface area contributed by atoms with Crippen LogP contribution in [0, 0.1) is 0 Å². The van der Waals surface area contributed by atoms with Crippen molar-refractivity contribution in [1.29, 1.82) is 0 Å². The van der Waals surface area contributed by atoms with E-state index in [1.807, 2.05) is 6.92 Å². The van der Waals surface area contributed by atoms with Crippen molar-refractivity contribution in [3.05, 3.63) is 0 Å². The van der Waals surface area contributed by atoms with Gasteiger partial charge in [-0.25, -0.2) is 4.79 Å². The molecule has 0 saturated carbocycles. The average Bonchev–Trinajstić information content (AvgIpc) is 2.64. The Kier molecular flexibility index (Phi) is 3.94. The third-order valence-corrected chi connectivity index (χ3v) is 2.82. The predicted molar refractivity (Wildman–Crippen MR) is 55.6 cm³/mol. The van der Waals surface area contributed by atoms with E-state index in [4.69, 9.17) is 5.11 Å². The van der Waals surface area contributed by atoms with Gasteiger partial charge in [-0.15, -0.1) is 0 Å². The van der Waals surface area contributed by atoms with E-state index < -0.39 is 12.0 Å². The third-order valence-electron chi connectivity index (χ3n) is 2.82. The number of urea groups is 1. The highest BCUT2D eigenvalue weighted by molar-refractivity contribution is 5.82. The lowest BCUT2D eigenvalue weighted by molar-refractivity contribution is -0.138. The summed E-state index contributed by atoms with van der Waals surface area (Å²) in [7, 11) is 0. The fraction of sp³-hybridized carbons (Fsp3) is 0.800. The van der Waals surface area contributed by atoms with Gasteiger partial charge in [0, 0.05) is 12.6 Å². The van der Waals surface area contributed by atoms with E-state index in [-0.39, 0.29) is 12.1 Å². The van der Waals surface area contributed by atoms with Crippen LogP contribution in [0.25, 0.3) is 0 Å². The van der Waals surface area contributed by atoms with Crippen LogP contribution in [0.4, 0.5) is 4.79 Å². The molecule has 0 aliphatic carbocycles. The summed E-state index contributed by atoms with van der Waals surface area (Å²) in [5.41, 5.74) is 0. The molecule has 1 rings (SSSR count). The molecule has 0 bridgehead atoms. The Balaban J connectivity index is 2.49. The molecule has 1 aliphatic heterocycles. The van der Waals surface area contributed by atoms with Gasteiger partial charge in [0.1, 0.15) is 6.04 Å². The van der Waals surface area contributed by atoms with Gasteiger partial charge in [-0.1, -0.05) is 6.92 Å². The molecule has 1 saturated heterocycles. The van der Waals surface area contributed by atoms with Gasteiger partial charge in [-0.3, -0.25) is 4.79 Å². The molecule has 1 fully saturated rings. The van der Waals surface area contributed by atoms with Crippen LogP contribution in [0.1, 0.15) is 33.1 Å². The maximum atomic E-state index is 11.7. The van der Waals surface area contributed by atoms with Gasteiger partial charge in [0.05, 0.1) is 0 Å². The number of amides is 2. The molecule has 0 aromatic carbocycles. The lowest BCUT2D eigenvalue weighted by atomic mass is 10.2. The molecule has 5 heteroatoms. The normalized spacial score (nSPS) is 22.5. The molecule has 1 aliphatic rings. The number of carbonyl (C=O) groups is 2. The van der Waals surface area contributed by atoms with Crippen LogP contribution in [-0.4, -0.2) is 40.6 Å². The summed E-state index contributed by atoms with van der Waals surface area (Å²) in [5, 5.41) is 11.1. The molecule has 0 aromatic rings. The molecule has 2 unspecified atom stereocenters. The number of aliphatic carboxylic acids is 1. The second-order valence-electron chi connectivity index (χ2n) is 3.91. The second-order valence-corrected chi connectivity index (χ2v) is 3.91. The number of hydrogen-bond donors (Lipinski definition) is 2. The zero-order chi connectivity index (χ0) is 11.4. The van der Waals surface area contributed by atoms with Crippen molar-refractivity contribution in [2.75, 3.05) is 6.54 Å². The molecular formula is C10H18N2O3. The SMILES string of the molecule is CCC1CCCN1C(=O)NC(C)C(=O)O. The first-order valence-corrected chi connectivity index (χ1v) is 5.36. The number of carboxylic acid groups (broad SMARTS) is 1. The Hall–Kier alpha value is -1.26. The molecule has 1 heterocycles. The monoisotopic (exact) mass is 214 g/mol. The van der Waals surface area contributed by atoms with Crippen molar-refractivity contribution >= 4 is 12.0 Å². The van der Waals surface area contributed by atoms with Crippen LogP contribution in [0.15, 0.2) is 0 Å². The molecule has 0 aromatic heterocycles. The van der Waals surface area contributed by atoms with Gasteiger partial charge in [0.2, 0.25) is 0 Å². The molecule has 2 atom stereocenters. The van der Waals surface area contributed by atoms with E-state index >= 15 is 0 Å². The Morgan fingerprint density at radius 2 is 2.27 bits per heavy atom. The second kappa shape index (κ2) is 5.00. The molecular weight excluding hydrogens is 196 g/mol. The number of nitrogens with one attached hydrogen (secondary N) is 1. The highest BCUT2D eigenvalue weighted by Crippen LogP contribution is 2.19. The Labute approximate surface area is 89.4 Å². The smallest absolute Gasteiger partial charge is 0.325 e. The molecule has 5 nitrogen and oxygen atoms in total. The van der Waals surface area contributed by atoms with Gasteiger partial charge in [-0.2, -0.15) is 0 Å². The summed E-state index contributed by atoms with van der Waals surface area (Å²) < 4.78 is 0. The minimum absolute atomic E-state index is 0.255. The predicted octanol–water partition coefficient (Wildman–Crippen LogP) is 1.04. The van der Waals surface area contributed by atoms with Gasteiger partial charge in [0.15, 0.2) is 0 Å². The highest BCUT2D eigenvalue weighted by atomic mass is 16.4. The summed E-state index contributed by atoms with van der Waals surface area (Å²) >= 11 is 0. The van der Waals surface area contributed by atoms with Crippen molar-refractivity contribution in [3.63, 3.8) is 0 Å². The topological polar surface area (TPSA) is 69.6 Å². The minimum atomic E-state index is -1.00. The van der Waals surface area contributed by atoms with E-state index in [0.717, 1.165) is 25.8 Å². The number of carbonyl (C=O) groups excluding carboxylic acids is 1. The van der Waals surface area contributed by atoms with Crippen LogP contribution in [0.3, 0.4) is 0 Å². The molecule has 0 spiro atoms. The van der Waals surface area contributed by atoms with E-state index in [1.165, 1.54) is 6.92 Å². The fourth-order valence-corrected chi connectivity index (χ4v) is 1.86. The van der Waals surface area contributed by atoms with E-state index in [1.54, 1.807) is 4.90 Å². The quantitative estimate of drug-likeness (QED) is 0.737. The molecule has 15 heavy (non-hydrogen) atoms. The first-order chi connectivity index (χ1) is 7.06. The maximum Gasteiger partial charge on any atom is 0.325 e. The first-order valence-electron chi connectivity index (χ1n) is 5.36. The molecule has 2 amide bonds.